The number of hydrogen-bond donors (Lipinski definition) is 0. The summed E-state index contributed by atoms with van der Waals surface area (Å²) in [6.07, 6.45) is 3.39. The van der Waals surface area contributed by atoms with E-state index in [0.717, 1.165) is 50.9 Å². The van der Waals surface area contributed by atoms with Crippen LogP contribution in [-0.4, -0.2) is 53.6 Å². The van der Waals surface area contributed by atoms with E-state index < -0.39 is 0 Å². The maximum absolute atomic E-state index is 12.3. The van der Waals surface area contributed by atoms with Gasteiger partial charge >= 0.3 is 0 Å². The zero-order chi connectivity index (χ0) is 15.5. The highest BCUT2D eigenvalue weighted by molar-refractivity contribution is 5.76. The Kier molecular flexibility index (Phi) is 4.57. The van der Waals surface area contributed by atoms with Gasteiger partial charge in [0.25, 0.3) is 0 Å². The van der Waals surface area contributed by atoms with Gasteiger partial charge in [-0.2, -0.15) is 0 Å². The van der Waals surface area contributed by atoms with E-state index in [2.05, 4.69) is 23.7 Å². The van der Waals surface area contributed by atoms with Gasteiger partial charge in [-0.15, -0.1) is 0 Å². The van der Waals surface area contributed by atoms with Crippen LogP contribution in [0.5, 0.6) is 0 Å². The Labute approximate surface area is 131 Å². The first-order valence-electron chi connectivity index (χ1n) is 8.08. The van der Waals surface area contributed by atoms with E-state index in [1.165, 1.54) is 5.56 Å². The van der Waals surface area contributed by atoms with Gasteiger partial charge in [0.2, 0.25) is 11.9 Å². The van der Waals surface area contributed by atoms with Crippen molar-refractivity contribution in [2.24, 2.45) is 5.92 Å². The standard InChI is InChI=1S/C16H24N4O2/c1-12(2)9-15(21)20-4-3-13-10-17-16(18-14(13)11-20)19-5-7-22-8-6-19/h10,12H,3-9,11H2,1-2H3. The minimum atomic E-state index is 0.229. The number of hydrogen-bond acceptors (Lipinski definition) is 5. The summed E-state index contributed by atoms with van der Waals surface area (Å²) in [4.78, 5) is 25.5. The van der Waals surface area contributed by atoms with Crippen LogP contribution < -0.4 is 4.90 Å². The van der Waals surface area contributed by atoms with E-state index in [9.17, 15) is 4.79 Å². The maximum Gasteiger partial charge on any atom is 0.225 e. The van der Waals surface area contributed by atoms with Crippen LogP contribution in [-0.2, 0) is 22.5 Å². The molecule has 0 N–H and O–H groups in total. The lowest BCUT2D eigenvalue weighted by atomic mass is 10.0. The van der Waals surface area contributed by atoms with Crippen molar-refractivity contribution in [1.82, 2.24) is 14.9 Å². The fourth-order valence-corrected chi connectivity index (χ4v) is 2.90. The first-order valence-corrected chi connectivity index (χ1v) is 8.08. The van der Waals surface area contributed by atoms with Gasteiger partial charge in [0, 0.05) is 32.3 Å². The molecule has 120 valence electrons. The van der Waals surface area contributed by atoms with Crippen LogP contribution in [0.3, 0.4) is 0 Å². The van der Waals surface area contributed by atoms with Crippen molar-refractivity contribution in [3.8, 4) is 0 Å². The first kappa shape index (κ1) is 15.2. The first-order chi connectivity index (χ1) is 10.6. The normalized spacial score (nSPS) is 18.5. The van der Waals surface area contributed by atoms with Gasteiger partial charge in [-0.05, 0) is 17.9 Å². The Balaban J connectivity index is 1.73. The average Bonchev–Trinajstić information content (AvgIpc) is 2.54. The Bertz CT molecular complexity index is 541. The van der Waals surface area contributed by atoms with Crippen molar-refractivity contribution in [3.05, 3.63) is 17.5 Å². The van der Waals surface area contributed by atoms with Crippen molar-refractivity contribution in [3.63, 3.8) is 0 Å². The summed E-state index contributed by atoms with van der Waals surface area (Å²) >= 11 is 0. The maximum atomic E-state index is 12.3. The predicted molar refractivity (Wildman–Crippen MR) is 83.6 cm³/mol. The molecule has 2 aliphatic heterocycles. The summed E-state index contributed by atoms with van der Waals surface area (Å²) in [6.45, 7) is 8.64. The molecule has 0 aliphatic carbocycles. The highest BCUT2D eigenvalue weighted by Gasteiger charge is 2.24. The molecule has 1 aromatic rings. The second-order valence-electron chi connectivity index (χ2n) is 6.40. The summed E-state index contributed by atoms with van der Waals surface area (Å²) in [5, 5.41) is 0. The summed E-state index contributed by atoms with van der Waals surface area (Å²) < 4.78 is 5.37. The molecule has 1 amide bonds. The number of morpholine rings is 1. The van der Waals surface area contributed by atoms with Crippen molar-refractivity contribution < 1.29 is 9.53 Å². The van der Waals surface area contributed by atoms with Gasteiger partial charge in [0.1, 0.15) is 0 Å². The Morgan fingerprint density at radius 2 is 2.09 bits per heavy atom. The van der Waals surface area contributed by atoms with E-state index >= 15 is 0 Å². The summed E-state index contributed by atoms with van der Waals surface area (Å²) in [5.74, 6) is 1.38. The van der Waals surface area contributed by atoms with Crippen LogP contribution in [0.1, 0.15) is 31.5 Å². The van der Waals surface area contributed by atoms with E-state index in [-0.39, 0.29) is 5.91 Å². The van der Waals surface area contributed by atoms with E-state index in [1.807, 2.05) is 11.1 Å². The molecule has 0 saturated carbocycles. The average molecular weight is 304 g/mol. The third-order valence-corrected chi connectivity index (χ3v) is 4.16. The van der Waals surface area contributed by atoms with E-state index in [1.54, 1.807) is 0 Å². The molecule has 22 heavy (non-hydrogen) atoms. The number of rotatable bonds is 3. The van der Waals surface area contributed by atoms with Gasteiger partial charge in [-0.3, -0.25) is 4.79 Å². The van der Waals surface area contributed by atoms with Gasteiger partial charge in [-0.25, -0.2) is 9.97 Å². The van der Waals surface area contributed by atoms with Gasteiger partial charge in [0.15, 0.2) is 0 Å². The minimum absolute atomic E-state index is 0.229. The van der Waals surface area contributed by atoms with Crippen molar-refractivity contribution in [2.75, 3.05) is 37.7 Å². The lowest BCUT2D eigenvalue weighted by Crippen LogP contribution is -2.39. The molecule has 0 spiro atoms. The minimum Gasteiger partial charge on any atom is -0.378 e. The predicted octanol–water partition coefficient (Wildman–Crippen LogP) is 1.24. The number of carbonyl (C=O) groups is 1. The number of carbonyl (C=O) groups excluding carboxylic acids is 1. The fraction of sp³-hybridized carbons (Fsp3) is 0.688. The largest absolute Gasteiger partial charge is 0.378 e. The molecule has 0 radical (unpaired) electrons. The number of amides is 1. The molecular formula is C16H24N4O2. The zero-order valence-corrected chi connectivity index (χ0v) is 13.4. The van der Waals surface area contributed by atoms with Crippen molar-refractivity contribution in [2.45, 2.75) is 33.2 Å². The molecule has 2 aliphatic rings. The van der Waals surface area contributed by atoms with Crippen LogP contribution in [0.4, 0.5) is 5.95 Å². The molecule has 0 unspecified atom stereocenters. The number of fused-ring (bicyclic) bond motifs is 1. The second kappa shape index (κ2) is 6.60. The van der Waals surface area contributed by atoms with Crippen LogP contribution >= 0.6 is 0 Å². The van der Waals surface area contributed by atoms with Gasteiger partial charge in [0.05, 0.1) is 25.5 Å². The van der Waals surface area contributed by atoms with Crippen LogP contribution in [0.25, 0.3) is 0 Å². The lowest BCUT2D eigenvalue weighted by Gasteiger charge is -2.31. The highest BCUT2D eigenvalue weighted by atomic mass is 16.5. The van der Waals surface area contributed by atoms with Crippen molar-refractivity contribution >= 4 is 11.9 Å². The Morgan fingerprint density at radius 3 is 2.82 bits per heavy atom. The topological polar surface area (TPSA) is 58.6 Å². The molecule has 0 bridgehead atoms. The molecule has 6 nitrogen and oxygen atoms in total. The zero-order valence-electron chi connectivity index (χ0n) is 13.4. The summed E-state index contributed by atoms with van der Waals surface area (Å²) in [5.41, 5.74) is 2.17. The monoisotopic (exact) mass is 304 g/mol. The SMILES string of the molecule is CC(C)CC(=O)N1CCc2cnc(N3CCOCC3)nc2C1. The number of aromatic nitrogens is 2. The third kappa shape index (κ3) is 3.38. The van der Waals surface area contributed by atoms with Crippen LogP contribution in [0, 0.1) is 5.92 Å². The molecule has 0 atom stereocenters. The van der Waals surface area contributed by atoms with Crippen LogP contribution in [0.15, 0.2) is 6.20 Å². The quantitative estimate of drug-likeness (QED) is 0.841. The molecule has 0 aromatic carbocycles. The fourth-order valence-electron chi connectivity index (χ4n) is 2.90. The van der Waals surface area contributed by atoms with Crippen LogP contribution in [0.2, 0.25) is 0 Å². The molecule has 3 heterocycles. The summed E-state index contributed by atoms with van der Waals surface area (Å²) in [7, 11) is 0. The van der Waals surface area contributed by atoms with Gasteiger partial charge in [-0.1, -0.05) is 13.8 Å². The molecule has 6 heteroatoms. The Morgan fingerprint density at radius 1 is 1.32 bits per heavy atom. The molecule has 1 saturated heterocycles. The molecule has 1 aromatic heterocycles. The lowest BCUT2D eigenvalue weighted by molar-refractivity contribution is -0.132. The van der Waals surface area contributed by atoms with Crippen molar-refractivity contribution in [1.29, 1.82) is 0 Å². The second-order valence-corrected chi connectivity index (χ2v) is 6.40. The van der Waals surface area contributed by atoms with E-state index in [4.69, 9.17) is 9.72 Å². The molecular weight excluding hydrogens is 280 g/mol. The van der Waals surface area contributed by atoms with E-state index in [0.29, 0.717) is 18.9 Å². The number of nitrogens with zero attached hydrogens (tertiary/aromatic N) is 4. The molecule has 1 fully saturated rings. The third-order valence-electron chi connectivity index (χ3n) is 4.16. The smallest absolute Gasteiger partial charge is 0.225 e. The molecule has 3 rings (SSSR count). The highest BCUT2D eigenvalue weighted by Crippen LogP contribution is 2.21. The number of anilines is 1. The Hall–Kier alpha value is -1.69. The van der Waals surface area contributed by atoms with Gasteiger partial charge < -0.3 is 14.5 Å². The summed E-state index contributed by atoms with van der Waals surface area (Å²) in [6, 6.07) is 0. The number of ether oxygens (including phenoxy) is 1.